The average Bonchev–Trinajstić information content (AvgIpc) is 2.93. The Kier molecular flexibility index (Phi) is 32.8. The summed E-state index contributed by atoms with van der Waals surface area (Å²) in [5.74, 6) is 13.8. The first-order valence-electron chi connectivity index (χ1n) is 16.3. The number of aromatic nitrogens is 2. The van der Waals surface area contributed by atoms with Gasteiger partial charge in [0.15, 0.2) is 12.4 Å². The largest absolute Gasteiger partial charge is 1.00 e. The summed E-state index contributed by atoms with van der Waals surface area (Å²) in [5, 5.41) is 0. The van der Waals surface area contributed by atoms with Crippen molar-refractivity contribution in [3.05, 3.63) is 59.2 Å². The molecule has 0 amide bonds. The van der Waals surface area contributed by atoms with Gasteiger partial charge in [0.2, 0.25) is 0 Å². The van der Waals surface area contributed by atoms with Crippen LogP contribution in [0, 0.1) is 51.4 Å². The average molecular weight is 707 g/mol. The second-order valence-corrected chi connectivity index (χ2v) is 11.5. The summed E-state index contributed by atoms with van der Waals surface area (Å²) in [5.41, 5.74) is 5.16. The zero-order valence-corrected chi connectivity index (χ0v) is 30.8. The molecule has 2 nitrogen and oxygen atoms in total. The van der Waals surface area contributed by atoms with Gasteiger partial charge in [-0.05, 0) is 83.4 Å². The summed E-state index contributed by atoms with van der Waals surface area (Å²) in [6.45, 7) is 14.0. The van der Waals surface area contributed by atoms with Crippen molar-refractivity contribution in [1.82, 2.24) is 4.98 Å². The van der Waals surface area contributed by atoms with Crippen molar-refractivity contribution in [2.75, 3.05) is 5.88 Å². The number of pyridine rings is 2. The highest BCUT2D eigenvalue weighted by molar-refractivity contribution is 6.17. The summed E-state index contributed by atoms with van der Waals surface area (Å²) in [6.07, 6.45) is 27.6. The van der Waals surface area contributed by atoms with Gasteiger partial charge in [0.25, 0.3) is 0 Å². The molecule has 0 saturated carbocycles. The summed E-state index contributed by atoms with van der Waals surface area (Å²) in [4.78, 5) is 3.98. The summed E-state index contributed by atoms with van der Waals surface area (Å²) >= 11 is 5.57. The minimum atomic E-state index is 0. The Morgan fingerprint density at radius 1 is 0.571 bits per heavy atom. The van der Waals surface area contributed by atoms with Crippen molar-refractivity contribution >= 4 is 11.6 Å². The highest BCUT2D eigenvalue weighted by Gasteiger charge is 2.02. The van der Waals surface area contributed by atoms with Gasteiger partial charge in [-0.1, -0.05) is 52.0 Å². The highest BCUT2D eigenvalue weighted by atomic mass is 127. The molecule has 0 N–H and O–H groups in total. The Morgan fingerprint density at radius 3 is 1.38 bits per heavy atom. The van der Waals surface area contributed by atoms with Crippen LogP contribution in [-0.4, -0.2) is 10.9 Å². The molecule has 0 unspecified atom stereocenters. The maximum Gasteiger partial charge on any atom is 0.171 e. The van der Waals surface area contributed by atoms with E-state index in [4.69, 9.17) is 11.6 Å². The molecule has 0 bridgehead atoms. The molecule has 2 heterocycles. The fraction of sp³-hybridized carbons (Fsp3) is 0.632. The number of nitrogens with zero attached hydrogens (tertiary/aromatic N) is 2. The minimum absolute atomic E-state index is 0. The maximum atomic E-state index is 5.57. The van der Waals surface area contributed by atoms with E-state index in [9.17, 15) is 0 Å². The fourth-order valence-corrected chi connectivity index (χ4v) is 4.42. The van der Waals surface area contributed by atoms with E-state index in [1.165, 1.54) is 92.9 Å². The Bertz CT molecular complexity index is 975. The van der Waals surface area contributed by atoms with Crippen LogP contribution in [0.3, 0.4) is 0 Å². The standard InChI is InChI=1S/C19H30N.C12H21Cl.C7H9N.HI/c1-4-5-6-7-8-9-10-11-12-13-14-20-16-18(2)15-19(3)17-20;1-2-3-4-5-6-7-8-9-10-11-12-13;1-6-3-7(2)5-8-4-6;/h15-17H,4-6,9-14H2,1-3H3;2-4,7-12H2,1H3;3-5H,1-2H3;1H/q+1;;;/p-1. The molecule has 4 heteroatoms. The van der Waals surface area contributed by atoms with Crippen LogP contribution in [0.1, 0.15) is 139 Å². The van der Waals surface area contributed by atoms with Crippen LogP contribution in [0.5, 0.6) is 0 Å². The lowest BCUT2D eigenvalue weighted by Gasteiger charge is -2.00. The van der Waals surface area contributed by atoms with Crippen LogP contribution in [0.2, 0.25) is 0 Å². The maximum absolute atomic E-state index is 5.57. The number of hydrogen-bond donors (Lipinski definition) is 0. The van der Waals surface area contributed by atoms with Crippen molar-refractivity contribution < 1.29 is 28.5 Å². The van der Waals surface area contributed by atoms with Crippen LogP contribution in [0.4, 0.5) is 0 Å². The first kappa shape index (κ1) is 42.6. The number of aryl methyl sites for hydroxylation is 5. The Balaban J connectivity index is 0. The third kappa shape index (κ3) is 29.9. The highest BCUT2D eigenvalue weighted by Crippen LogP contribution is 2.05. The van der Waals surface area contributed by atoms with Gasteiger partial charge in [-0.15, -0.1) is 35.3 Å². The van der Waals surface area contributed by atoms with Gasteiger partial charge in [0.05, 0.1) is 0 Å². The predicted octanol–water partition coefficient (Wildman–Crippen LogP) is 7.81. The van der Waals surface area contributed by atoms with E-state index >= 15 is 0 Å². The van der Waals surface area contributed by atoms with Gasteiger partial charge in [0, 0.05) is 61.5 Å². The molecule has 42 heavy (non-hydrogen) atoms. The Morgan fingerprint density at radius 2 is 0.976 bits per heavy atom. The van der Waals surface area contributed by atoms with E-state index in [-0.39, 0.29) is 24.0 Å². The lowest BCUT2D eigenvalue weighted by atomic mass is 10.1. The number of rotatable bonds is 15. The first-order valence-corrected chi connectivity index (χ1v) is 16.8. The zero-order valence-electron chi connectivity index (χ0n) is 27.8. The van der Waals surface area contributed by atoms with Crippen LogP contribution in [-0.2, 0) is 6.54 Å². The molecule has 0 aliphatic heterocycles. The molecule has 0 saturated heterocycles. The molecule has 2 aromatic rings. The minimum Gasteiger partial charge on any atom is -1.00 e. The molecule has 0 radical (unpaired) electrons. The lowest BCUT2D eigenvalue weighted by molar-refractivity contribution is -0.698. The van der Waals surface area contributed by atoms with Crippen molar-refractivity contribution in [2.24, 2.45) is 0 Å². The molecule has 2 rings (SSSR count). The lowest BCUT2D eigenvalue weighted by Crippen LogP contribution is -3.00. The quantitative estimate of drug-likeness (QED) is 0.0608. The molecular formula is C38H60ClIN2. The topological polar surface area (TPSA) is 16.8 Å². The summed E-state index contributed by atoms with van der Waals surface area (Å²) in [7, 11) is 0. The van der Waals surface area contributed by atoms with Gasteiger partial charge in [-0.25, -0.2) is 4.57 Å². The fourth-order valence-electron chi connectivity index (χ4n) is 4.24. The Labute approximate surface area is 283 Å². The van der Waals surface area contributed by atoms with Gasteiger partial charge in [0.1, 0.15) is 6.54 Å². The Hall–Kier alpha value is -1.56. The number of hydrogen-bond acceptors (Lipinski definition) is 1. The van der Waals surface area contributed by atoms with Crippen LogP contribution in [0.15, 0.2) is 36.9 Å². The molecule has 0 aliphatic rings. The molecule has 2 aromatic heterocycles. The second-order valence-electron chi connectivity index (χ2n) is 11.1. The van der Waals surface area contributed by atoms with Crippen LogP contribution in [0.25, 0.3) is 0 Å². The number of halogens is 2. The van der Waals surface area contributed by atoms with Crippen LogP contribution < -0.4 is 28.5 Å². The van der Waals surface area contributed by atoms with Crippen molar-refractivity contribution in [1.29, 1.82) is 0 Å². The van der Waals surface area contributed by atoms with Gasteiger partial charge < -0.3 is 24.0 Å². The van der Waals surface area contributed by atoms with E-state index in [1.807, 2.05) is 26.2 Å². The van der Waals surface area contributed by atoms with E-state index in [0.717, 1.165) is 44.5 Å². The van der Waals surface area contributed by atoms with E-state index in [0.29, 0.717) is 0 Å². The van der Waals surface area contributed by atoms with Gasteiger partial charge in [-0.2, -0.15) is 0 Å². The zero-order chi connectivity index (χ0) is 30.4. The normalized spacial score (nSPS) is 9.50. The molecular weight excluding hydrogens is 647 g/mol. The SMILES string of the molecule is CCCCC#CCCCCCCCl.CCCCC#CCCCCCC[n+]1cc(C)cc(C)c1.Cc1cncc(C)c1.[I-]. The van der Waals surface area contributed by atoms with Crippen molar-refractivity contribution in [2.45, 2.75) is 151 Å². The summed E-state index contributed by atoms with van der Waals surface area (Å²) in [6, 6.07) is 4.33. The van der Waals surface area contributed by atoms with Gasteiger partial charge in [-0.3, -0.25) is 4.98 Å². The van der Waals surface area contributed by atoms with E-state index < -0.39 is 0 Å². The number of unbranched alkanes of at least 4 members (excludes halogenated alkanes) is 12. The first-order chi connectivity index (χ1) is 19.9. The second kappa shape index (κ2) is 32.4. The monoisotopic (exact) mass is 706 g/mol. The van der Waals surface area contributed by atoms with Crippen LogP contribution >= 0.6 is 11.6 Å². The molecule has 0 spiro atoms. The molecule has 0 aliphatic carbocycles. The molecule has 0 aromatic carbocycles. The summed E-state index contributed by atoms with van der Waals surface area (Å²) < 4.78 is 2.33. The van der Waals surface area contributed by atoms with Crippen molar-refractivity contribution in [3.8, 4) is 23.7 Å². The molecule has 236 valence electrons. The third-order valence-electron chi connectivity index (χ3n) is 6.42. The van der Waals surface area contributed by atoms with E-state index in [1.54, 1.807) is 0 Å². The third-order valence-corrected chi connectivity index (χ3v) is 6.69. The van der Waals surface area contributed by atoms with Gasteiger partial charge >= 0.3 is 0 Å². The number of alkyl halides is 1. The molecule has 0 atom stereocenters. The predicted molar refractivity (Wildman–Crippen MR) is 181 cm³/mol. The smallest absolute Gasteiger partial charge is 0.171 e. The molecule has 0 fully saturated rings. The van der Waals surface area contributed by atoms with E-state index in [2.05, 4.69) is 85.5 Å². The van der Waals surface area contributed by atoms with Crippen molar-refractivity contribution in [3.63, 3.8) is 0 Å².